The molecule has 1 aliphatic rings. The quantitative estimate of drug-likeness (QED) is 0.498. The number of nitrogens with one attached hydrogen (secondary N) is 1. The lowest BCUT2D eigenvalue weighted by Crippen LogP contribution is -2.15. The number of hydrogen-bond acceptors (Lipinski definition) is 2. The zero-order valence-electron chi connectivity index (χ0n) is 14.3. The van der Waals surface area contributed by atoms with E-state index in [4.69, 9.17) is 0 Å². The van der Waals surface area contributed by atoms with Crippen molar-refractivity contribution >= 4 is 22.2 Å². The Labute approximate surface area is 152 Å². The highest BCUT2D eigenvalue weighted by Gasteiger charge is 2.23. The van der Waals surface area contributed by atoms with Crippen LogP contribution in [0.15, 0.2) is 97.2 Å². The molecule has 2 heteroatoms. The minimum absolute atomic E-state index is 0.146. The fraction of sp³-hybridized carbons (Fsp3) is 0.0417. The highest BCUT2D eigenvalue weighted by Crippen LogP contribution is 2.41. The Balaban J connectivity index is 1.77. The molecule has 0 fully saturated rings. The van der Waals surface area contributed by atoms with Crippen LogP contribution in [0.25, 0.3) is 16.5 Å². The molecule has 3 aromatic carbocycles. The van der Waals surface area contributed by atoms with Crippen LogP contribution >= 0.6 is 0 Å². The second kappa shape index (κ2) is 6.16. The molecule has 5 rings (SSSR count). The van der Waals surface area contributed by atoms with Gasteiger partial charge in [-0.2, -0.15) is 0 Å². The third-order valence-electron chi connectivity index (χ3n) is 4.94. The van der Waals surface area contributed by atoms with Crippen LogP contribution in [0, 0.1) is 0 Å². The van der Waals surface area contributed by atoms with Crippen molar-refractivity contribution in [3.8, 4) is 0 Å². The van der Waals surface area contributed by atoms with E-state index in [2.05, 4.69) is 95.2 Å². The van der Waals surface area contributed by atoms with Crippen LogP contribution in [0.1, 0.15) is 22.7 Å². The Hall–Kier alpha value is -3.39. The van der Waals surface area contributed by atoms with Gasteiger partial charge in [0.05, 0.1) is 11.6 Å². The Kier molecular flexibility index (Phi) is 3.53. The van der Waals surface area contributed by atoms with Gasteiger partial charge in [0, 0.05) is 22.8 Å². The molecule has 1 aromatic heterocycles. The van der Waals surface area contributed by atoms with Crippen LogP contribution < -0.4 is 5.32 Å². The van der Waals surface area contributed by atoms with Gasteiger partial charge in [-0.25, -0.2) is 0 Å². The van der Waals surface area contributed by atoms with Crippen molar-refractivity contribution in [2.24, 2.45) is 0 Å². The topological polar surface area (TPSA) is 24.9 Å². The van der Waals surface area contributed by atoms with Crippen molar-refractivity contribution in [1.82, 2.24) is 4.98 Å². The standard InChI is InChI=1S/C24H18N2/c1-3-8-17(9-4-1)20-16-23(18-10-5-2-6-11-18)26-22-14-13-21-19(24(20)22)12-7-15-25-21/h1-16,23,26H. The van der Waals surface area contributed by atoms with Crippen LogP contribution in [0.4, 0.5) is 5.69 Å². The SMILES string of the molecule is C1=C(c2ccccc2)c2c(ccc3ncccc23)NC1c1ccccc1. The molecule has 0 bridgehead atoms. The lowest BCUT2D eigenvalue weighted by Gasteiger charge is -2.28. The summed E-state index contributed by atoms with van der Waals surface area (Å²) >= 11 is 0. The normalized spacial score (nSPS) is 15.8. The number of hydrogen-bond donors (Lipinski definition) is 1. The Bertz CT molecular complexity index is 1100. The fourth-order valence-electron chi connectivity index (χ4n) is 3.72. The molecule has 0 aliphatic carbocycles. The monoisotopic (exact) mass is 334 g/mol. The number of rotatable bonds is 2. The first-order chi connectivity index (χ1) is 12.9. The second-order valence-electron chi connectivity index (χ2n) is 6.54. The molecule has 4 aromatic rings. The summed E-state index contributed by atoms with van der Waals surface area (Å²) in [6.07, 6.45) is 4.18. The van der Waals surface area contributed by atoms with E-state index in [0.717, 1.165) is 11.2 Å². The van der Waals surface area contributed by atoms with Crippen molar-refractivity contribution < 1.29 is 0 Å². The molecule has 1 unspecified atom stereocenters. The van der Waals surface area contributed by atoms with E-state index in [-0.39, 0.29) is 6.04 Å². The van der Waals surface area contributed by atoms with Gasteiger partial charge in [-0.05, 0) is 41.0 Å². The number of pyridine rings is 1. The largest absolute Gasteiger partial charge is 0.374 e. The molecule has 1 atom stereocenters. The van der Waals surface area contributed by atoms with Crippen molar-refractivity contribution in [2.75, 3.05) is 5.32 Å². The molecular formula is C24H18N2. The maximum atomic E-state index is 4.54. The molecule has 0 amide bonds. The van der Waals surface area contributed by atoms with E-state index >= 15 is 0 Å². The Morgan fingerprint density at radius 2 is 1.50 bits per heavy atom. The third kappa shape index (κ3) is 2.47. The van der Waals surface area contributed by atoms with Crippen molar-refractivity contribution in [3.05, 3.63) is 114 Å². The van der Waals surface area contributed by atoms with Gasteiger partial charge in [0.2, 0.25) is 0 Å². The van der Waals surface area contributed by atoms with Gasteiger partial charge < -0.3 is 5.32 Å². The van der Waals surface area contributed by atoms with E-state index in [1.54, 1.807) is 0 Å². The molecule has 0 radical (unpaired) electrons. The van der Waals surface area contributed by atoms with Crippen molar-refractivity contribution in [3.63, 3.8) is 0 Å². The van der Waals surface area contributed by atoms with E-state index in [0.29, 0.717) is 0 Å². The zero-order valence-corrected chi connectivity index (χ0v) is 14.3. The van der Waals surface area contributed by atoms with Crippen LogP contribution in [0.3, 0.4) is 0 Å². The lowest BCUT2D eigenvalue weighted by molar-refractivity contribution is 0.974. The summed E-state index contributed by atoms with van der Waals surface area (Å²) in [7, 11) is 0. The summed E-state index contributed by atoms with van der Waals surface area (Å²) in [6, 6.07) is 29.7. The summed E-state index contributed by atoms with van der Waals surface area (Å²) in [4.78, 5) is 4.54. The first kappa shape index (κ1) is 14.9. The minimum atomic E-state index is 0.146. The van der Waals surface area contributed by atoms with Crippen LogP contribution in [-0.4, -0.2) is 4.98 Å². The molecule has 2 nitrogen and oxygen atoms in total. The smallest absolute Gasteiger partial charge is 0.0709 e. The number of benzene rings is 3. The van der Waals surface area contributed by atoms with E-state index < -0.39 is 0 Å². The first-order valence-corrected chi connectivity index (χ1v) is 8.87. The van der Waals surface area contributed by atoms with E-state index in [1.165, 1.54) is 27.6 Å². The maximum absolute atomic E-state index is 4.54. The van der Waals surface area contributed by atoms with Crippen molar-refractivity contribution in [1.29, 1.82) is 0 Å². The average Bonchev–Trinajstić information content (AvgIpc) is 2.74. The number of nitrogens with zero attached hydrogens (tertiary/aromatic N) is 1. The molecule has 2 heterocycles. The van der Waals surface area contributed by atoms with Gasteiger partial charge in [-0.15, -0.1) is 0 Å². The third-order valence-corrected chi connectivity index (χ3v) is 4.94. The number of aromatic nitrogens is 1. The summed E-state index contributed by atoms with van der Waals surface area (Å²) in [5, 5.41) is 4.88. The predicted octanol–water partition coefficient (Wildman–Crippen LogP) is 5.83. The van der Waals surface area contributed by atoms with Crippen molar-refractivity contribution in [2.45, 2.75) is 6.04 Å². The molecule has 124 valence electrons. The van der Waals surface area contributed by atoms with Crippen LogP contribution in [-0.2, 0) is 0 Å². The Morgan fingerprint density at radius 3 is 2.31 bits per heavy atom. The molecule has 1 aliphatic heterocycles. The first-order valence-electron chi connectivity index (χ1n) is 8.87. The molecular weight excluding hydrogens is 316 g/mol. The highest BCUT2D eigenvalue weighted by molar-refractivity contribution is 6.03. The molecule has 26 heavy (non-hydrogen) atoms. The number of fused-ring (bicyclic) bond motifs is 3. The maximum Gasteiger partial charge on any atom is 0.0709 e. The molecule has 0 saturated carbocycles. The zero-order chi connectivity index (χ0) is 17.3. The fourth-order valence-corrected chi connectivity index (χ4v) is 3.72. The summed E-state index contributed by atoms with van der Waals surface area (Å²) in [5.41, 5.74) is 7.15. The Morgan fingerprint density at radius 1 is 0.731 bits per heavy atom. The van der Waals surface area contributed by atoms with Crippen LogP contribution in [0.2, 0.25) is 0 Å². The van der Waals surface area contributed by atoms with Gasteiger partial charge in [-0.1, -0.05) is 66.7 Å². The highest BCUT2D eigenvalue weighted by atomic mass is 14.9. The molecule has 1 N–H and O–H groups in total. The van der Waals surface area contributed by atoms with Gasteiger partial charge in [0.25, 0.3) is 0 Å². The second-order valence-corrected chi connectivity index (χ2v) is 6.54. The van der Waals surface area contributed by atoms with E-state index in [9.17, 15) is 0 Å². The predicted molar refractivity (Wildman–Crippen MR) is 108 cm³/mol. The average molecular weight is 334 g/mol. The minimum Gasteiger partial charge on any atom is -0.374 e. The lowest BCUT2D eigenvalue weighted by atomic mass is 9.87. The van der Waals surface area contributed by atoms with Gasteiger partial charge in [0.1, 0.15) is 0 Å². The van der Waals surface area contributed by atoms with Crippen LogP contribution in [0.5, 0.6) is 0 Å². The molecule has 0 spiro atoms. The van der Waals surface area contributed by atoms with Gasteiger partial charge >= 0.3 is 0 Å². The summed E-state index contributed by atoms with van der Waals surface area (Å²) in [5.74, 6) is 0. The summed E-state index contributed by atoms with van der Waals surface area (Å²) < 4.78 is 0. The molecule has 0 saturated heterocycles. The number of anilines is 1. The van der Waals surface area contributed by atoms with Gasteiger partial charge in [-0.3, -0.25) is 4.98 Å². The van der Waals surface area contributed by atoms with Gasteiger partial charge in [0.15, 0.2) is 0 Å². The van der Waals surface area contributed by atoms with E-state index in [1.807, 2.05) is 12.3 Å². The summed E-state index contributed by atoms with van der Waals surface area (Å²) in [6.45, 7) is 0.